The van der Waals surface area contributed by atoms with Gasteiger partial charge in [0.15, 0.2) is 6.29 Å². The van der Waals surface area contributed by atoms with E-state index in [9.17, 15) is 19.7 Å². The quantitative estimate of drug-likeness (QED) is 0.492. The third-order valence-corrected chi connectivity index (χ3v) is 3.24. The van der Waals surface area contributed by atoms with E-state index in [1.165, 1.54) is 18.2 Å². The molecule has 1 aliphatic rings. The highest BCUT2D eigenvalue weighted by Crippen LogP contribution is 2.30. The van der Waals surface area contributed by atoms with Gasteiger partial charge in [-0.15, -0.1) is 0 Å². The lowest BCUT2D eigenvalue weighted by atomic mass is 10.1. The lowest BCUT2D eigenvalue weighted by Gasteiger charge is -2.25. The molecule has 1 fully saturated rings. The van der Waals surface area contributed by atoms with E-state index in [0.29, 0.717) is 24.9 Å². The summed E-state index contributed by atoms with van der Waals surface area (Å²) >= 11 is 0. The van der Waals surface area contributed by atoms with Crippen molar-refractivity contribution in [2.45, 2.75) is 18.9 Å². The molecule has 1 aromatic rings. The van der Waals surface area contributed by atoms with Gasteiger partial charge in [-0.25, -0.2) is 0 Å². The van der Waals surface area contributed by atoms with E-state index in [1.807, 2.05) is 0 Å². The van der Waals surface area contributed by atoms with E-state index in [1.54, 1.807) is 4.90 Å². The highest BCUT2D eigenvalue weighted by atomic mass is 16.6. The number of aldehydes is 1. The van der Waals surface area contributed by atoms with Crippen LogP contribution in [0.2, 0.25) is 0 Å². The molecule has 1 unspecified atom stereocenters. The molecule has 7 nitrogen and oxygen atoms in total. The average molecular weight is 263 g/mol. The molecular weight excluding hydrogens is 250 g/mol. The van der Waals surface area contributed by atoms with Crippen molar-refractivity contribution in [3.8, 4) is 0 Å². The first kappa shape index (κ1) is 13.0. The number of rotatable bonds is 4. The Labute approximate surface area is 109 Å². The van der Waals surface area contributed by atoms with Crippen molar-refractivity contribution in [2.24, 2.45) is 5.73 Å². The molecule has 0 aromatic heterocycles. The fraction of sp³-hybridized carbons (Fsp3) is 0.333. The highest BCUT2D eigenvalue weighted by Gasteiger charge is 2.30. The van der Waals surface area contributed by atoms with Crippen LogP contribution in [-0.2, 0) is 4.79 Å². The van der Waals surface area contributed by atoms with E-state index in [-0.39, 0.29) is 11.3 Å². The van der Waals surface area contributed by atoms with Crippen LogP contribution in [0.5, 0.6) is 0 Å². The minimum Gasteiger partial charge on any atom is -0.368 e. The third kappa shape index (κ3) is 2.40. The maximum Gasteiger partial charge on any atom is 0.270 e. The maximum absolute atomic E-state index is 11.3. The van der Waals surface area contributed by atoms with E-state index < -0.39 is 16.9 Å². The second kappa shape index (κ2) is 5.05. The zero-order chi connectivity index (χ0) is 14.0. The van der Waals surface area contributed by atoms with E-state index in [2.05, 4.69) is 0 Å². The second-order valence-corrected chi connectivity index (χ2v) is 4.37. The molecule has 1 saturated heterocycles. The van der Waals surface area contributed by atoms with Crippen LogP contribution in [0, 0.1) is 10.1 Å². The van der Waals surface area contributed by atoms with Gasteiger partial charge in [0.25, 0.3) is 5.69 Å². The summed E-state index contributed by atoms with van der Waals surface area (Å²) < 4.78 is 0. The number of hydrogen-bond acceptors (Lipinski definition) is 5. The van der Waals surface area contributed by atoms with Crippen LogP contribution in [0.15, 0.2) is 18.2 Å². The Morgan fingerprint density at radius 2 is 2.26 bits per heavy atom. The van der Waals surface area contributed by atoms with Crippen LogP contribution in [-0.4, -0.2) is 29.7 Å². The summed E-state index contributed by atoms with van der Waals surface area (Å²) in [4.78, 5) is 34.3. The zero-order valence-electron chi connectivity index (χ0n) is 10.1. The Balaban J connectivity index is 2.41. The molecule has 0 bridgehead atoms. The summed E-state index contributed by atoms with van der Waals surface area (Å²) in [5.41, 5.74) is 5.88. The molecule has 0 radical (unpaired) electrons. The van der Waals surface area contributed by atoms with Crippen LogP contribution in [0.25, 0.3) is 0 Å². The van der Waals surface area contributed by atoms with Crippen molar-refractivity contribution in [1.29, 1.82) is 0 Å². The number of amides is 1. The standard InChI is InChI=1S/C12H13N3O4/c13-12(17)11-2-1-5-14(11)10-4-3-9(15(18)19)6-8(10)7-16/h3-4,6-7,11H,1-2,5H2,(H2,13,17). The normalized spacial score (nSPS) is 18.3. The first-order chi connectivity index (χ1) is 9.04. The summed E-state index contributed by atoms with van der Waals surface area (Å²) in [5.74, 6) is -0.451. The molecule has 19 heavy (non-hydrogen) atoms. The highest BCUT2D eigenvalue weighted by molar-refractivity contribution is 5.90. The summed E-state index contributed by atoms with van der Waals surface area (Å²) in [5, 5.41) is 10.7. The number of non-ortho nitro benzene ring substituents is 1. The van der Waals surface area contributed by atoms with E-state index in [4.69, 9.17) is 5.73 Å². The Kier molecular flexibility index (Phi) is 3.46. The molecule has 1 heterocycles. The number of carbonyl (C=O) groups excluding carboxylic acids is 2. The predicted molar refractivity (Wildman–Crippen MR) is 68.0 cm³/mol. The Hall–Kier alpha value is -2.44. The minimum absolute atomic E-state index is 0.152. The van der Waals surface area contributed by atoms with Crippen molar-refractivity contribution in [1.82, 2.24) is 0 Å². The molecule has 2 rings (SSSR count). The van der Waals surface area contributed by atoms with Crippen LogP contribution in [0.1, 0.15) is 23.2 Å². The monoisotopic (exact) mass is 263 g/mol. The van der Waals surface area contributed by atoms with Gasteiger partial charge < -0.3 is 10.6 Å². The van der Waals surface area contributed by atoms with Gasteiger partial charge in [0, 0.05) is 29.9 Å². The van der Waals surface area contributed by atoms with Crippen LogP contribution in [0.4, 0.5) is 11.4 Å². The molecule has 0 aliphatic carbocycles. The topological polar surface area (TPSA) is 107 Å². The Morgan fingerprint density at radius 3 is 2.84 bits per heavy atom. The van der Waals surface area contributed by atoms with Crippen molar-refractivity contribution >= 4 is 23.6 Å². The van der Waals surface area contributed by atoms with Gasteiger partial charge in [-0.05, 0) is 18.9 Å². The molecule has 0 spiro atoms. The lowest BCUT2D eigenvalue weighted by Crippen LogP contribution is -2.40. The van der Waals surface area contributed by atoms with Crippen molar-refractivity contribution in [2.75, 3.05) is 11.4 Å². The number of hydrogen-bond donors (Lipinski definition) is 1. The fourth-order valence-corrected chi connectivity index (χ4v) is 2.36. The smallest absolute Gasteiger partial charge is 0.270 e. The number of carbonyl (C=O) groups is 2. The number of nitro groups is 1. The number of nitrogens with two attached hydrogens (primary N) is 1. The largest absolute Gasteiger partial charge is 0.368 e. The van der Waals surface area contributed by atoms with Crippen LogP contribution < -0.4 is 10.6 Å². The van der Waals surface area contributed by atoms with Crippen LogP contribution in [0.3, 0.4) is 0 Å². The van der Waals surface area contributed by atoms with Gasteiger partial charge in [-0.1, -0.05) is 0 Å². The summed E-state index contributed by atoms with van der Waals surface area (Å²) in [6, 6.07) is 3.56. The molecule has 100 valence electrons. The average Bonchev–Trinajstić information content (AvgIpc) is 2.87. The Bertz CT molecular complexity index is 544. The number of nitrogens with zero attached hydrogens (tertiary/aromatic N) is 2. The van der Waals surface area contributed by atoms with E-state index in [0.717, 1.165) is 6.42 Å². The first-order valence-electron chi connectivity index (χ1n) is 5.84. The molecule has 7 heteroatoms. The summed E-state index contributed by atoms with van der Waals surface area (Å²) in [6.07, 6.45) is 1.98. The van der Waals surface area contributed by atoms with Crippen molar-refractivity contribution in [3.05, 3.63) is 33.9 Å². The van der Waals surface area contributed by atoms with Gasteiger partial charge in [0.05, 0.1) is 4.92 Å². The SMILES string of the molecule is NC(=O)C1CCCN1c1ccc([N+](=O)[O-])cc1C=O. The molecule has 1 aliphatic heterocycles. The van der Waals surface area contributed by atoms with Crippen molar-refractivity contribution < 1.29 is 14.5 Å². The number of benzene rings is 1. The fourth-order valence-electron chi connectivity index (χ4n) is 2.36. The lowest BCUT2D eigenvalue weighted by molar-refractivity contribution is -0.384. The van der Waals surface area contributed by atoms with Crippen LogP contribution >= 0.6 is 0 Å². The minimum atomic E-state index is -0.563. The molecule has 2 N–H and O–H groups in total. The number of anilines is 1. The zero-order valence-corrected chi connectivity index (χ0v) is 10.1. The van der Waals surface area contributed by atoms with Gasteiger partial charge in [0.1, 0.15) is 6.04 Å². The maximum atomic E-state index is 11.3. The van der Waals surface area contributed by atoms with Gasteiger partial charge in [0.2, 0.25) is 5.91 Å². The molecular formula is C12H13N3O4. The van der Waals surface area contributed by atoms with Gasteiger partial charge >= 0.3 is 0 Å². The predicted octanol–water partition coefficient (Wildman–Crippen LogP) is 0.861. The Morgan fingerprint density at radius 1 is 1.53 bits per heavy atom. The summed E-state index contributed by atoms with van der Waals surface area (Å²) in [7, 11) is 0. The molecule has 0 saturated carbocycles. The number of nitro benzene ring substituents is 1. The second-order valence-electron chi connectivity index (χ2n) is 4.37. The first-order valence-corrected chi connectivity index (χ1v) is 5.84. The number of primary amides is 1. The third-order valence-electron chi connectivity index (χ3n) is 3.24. The molecule has 1 amide bonds. The molecule has 1 atom stereocenters. The van der Waals surface area contributed by atoms with Gasteiger partial charge in [-0.3, -0.25) is 19.7 Å². The van der Waals surface area contributed by atoms with Crippen molar-refractivity contribution in [3.63, 3.8) is 0 Å². The van der Waals surface area contributed by atoms with E-state index >= 15 is 0 Å². The summed E-state index contributed by atoms with van der Waals surface area (Å²) in [6.45, 7) is 0.603. The molecule has 1 aromatic carbocycles. The van der Waals surface area contributed by atoms with Gasteiger partial charge in [-0.2, -0.15) is 0 Å².